The van der Waals surface area contributed by atoms with Crippen LogP contribution < -0.4 is 11.1 Å². The minimum Gasteiger partial charge on any atom is -0.378 e. The number of halogens is 2. The molecule has 0 saturated carbocycles. The summed E-state index contributed by atoms with van der Waals surface area (Å²) in [4.78, 5) is 0. The molecule has 4 heteroatoms. The van der Waals surface area contributed by atoms with Gasteiger partial charge in [0.25, 0.3) is 0 Å². The number of nitrogens with two attached hydrogens (primary N) is 1. The normalized spacial score (nSPS) is 11.6. The van der Waals surface area contributed by atoms with Gasteiger partial charge in [-0.2, -0.15) is 0 Å². The Kier molecular flexibility index (Phi) is 4.74. The van der Waals surface area contributed by atoms with E-state index in [0.717, 1.165) is 18.5 Å². The summed E-state index contributed by atoms with van der Waals surface area (Å²) in [5, 5.41) is 3.39. The Bertz CT molecular complexity index is 343. The lowest BCUT2D eigenvalue weighted by Crippen LogP contribution is -2.44. The maximum absolute atomic E-state index is 13.1. The zero-order valence-corrected chi connectivity index (χ0v) is 11.3. The van der Waals surface area contributed by atoms with Crippen molar-refractivity contribution < 1.29 is 4.39 Å². The molecule has 0 heterocycles. The molecule has 0 atom stereocenters. The lowest BCUT2D eigenvalue weighted by atomic mass is 9.92. The van der Waals surface area contributed by atoms with Crippen LogP contribution in [0.5, 0.6) is 0 Å². The minimum absolute atomic E-state index is 0.0999. The summed E-state index contributed by atoms with van der Waals surface area (Å²) >= 11 is 3.17. The zero-order chi connectivity index (χ0) is 12.2. The van der Waals surface area contributed by atoms with Gasteiger partial charge in [-0.15, -0.1) is 0 Å². The van der Waals surface area contributed by atoms with Gasteiger partial charge in [0, 0.05) is 17.8 Å². The van der Waals surface area contributed by atoms with Crippen LogP contribution in [0.2, 0.25) is 0 Å². The molecule has 0 saturated heterocycles. The van der Waals surface area contributed by atoms with Crippen LogP contribution in [0, 0.1) is 5.82 Å². The van der Waals surface area contributed by atoms with Crippen molar-refractivity contribution in [2.24, 2.45) is 5.73 Å². The van der Waals surface area contributed by atoms with E-state index < -0.39 is 0 Å². The Hall–Kier alpha value is -0.610. The molecule has 1 aromatic rings. The molecule has 0 spiro atoms. The molecule has 0 unspecified atom stereocenters. The maximum Gasteiger partial charge on any atom is 0.137 e. The number of hydrogen-bond acceptors (Lipinski definition) is 2. The Morgan fingerprint density at radius 2 is 2.00 bits per heavy atom. The van der Waals surface area contributed by atoms with Crippen LogP contribution in [0.15, 0.2) is 22.7 Å². The Morgan fingerprint density at radius 1 is 1.38 bits per heavy atom. The van der Waals surface area contributed by atoms with Crippen molar-refractivity contribution in [1.82, 2.24) is 0 Å². The highest BCUT2D eigenvalue weighted by molar-refractivity contribution is 9.10. The number of nitrogens with one attached hydrogen (secondary N) is 1. The summed E-state index contributed by atoms with van der Waals surface area (Å²) in [6, 6.07) is 4.92. The number of rotatable bonds is 5. The molecule has 0 aliphatic heterocycles. The first kappa shape index (κ1) is 13.5. The molecular formula is C12H18BrFN2. The van der Waals surface area contributed by atoms with Gasteiger partial charge in [-0.05, 0) is 47.0 Å². The van der Waals surface area contributed by atoms with Gasteiger partial charge >= 0.3 is 0 Å². The van der Waals surface area contributed by atoms with Crippen LogP contribution in [0.3, 0.4) is 0 Å². The summed E-state index contributed by atoms with van der Waals surface area (Å²) < 4.78 is 13.5. The summed E-state index contributed by atoms with van der Waals surface area (Å²) in [6.07, 6.45) is 1.88. The van der Waals surface area contributed by atoms with E-state index in [1.54, 1.807) is 12.1 Å². The molecule has 1 rings (SSSR count). The highest BCUT2D eigenvalue weighted by Crippen LogP contribution is 2.25. The molecule has 0 radical (unpaired) electrons. The van der Waals surface area contributed by atoms with E-state index in [4.69, 9.17) is 5.73 Å². The van der Waals surface area contributed by atoms with E-state index in [0.29, 0.717) is 11.0 Å². The van der Waals surface area contributed by atoms with Crippen molar-refractivity contribution in [1.29, 1.82) is 0 Å². The van der Waals surface area contributed by atoms with E-state index in [1.165, 1.54) is 6.07 Å². The zero-order valence-electron chi connectivity index (χ0n) is 9.69. The summed E-state index contributed by atoms with van der Waals surface area (Å²) in [5.41, 5.74) is 6.59. The molecule has 2 nitrogen and oxygen atoms in total. The molecular weight excluding hydrogens is 271 g/mol. The number of anilines is 1. The largest absolute Gasteiger partial charge is 0.378 e. The first-order chi connectivity index (χ1) is 7.56. The Morgan fingerprint density at radius 3 is 2.44 bits per heavy atom. The van der Waals surface area contributed by atoms with Crippen LogP contribution >= 0.6 is 15.9 Å². The van der Waals surface area contributed by atoms with E-state index in [9.17, 15) is 4.39 Å². The predicted molar refractivity (Wildman–Crippen MR) is 70.1 cm³/mol. The smallest absolute Gasteiger partial charge is 0.137 e. The van der Waals surface area contributed by atoms with Gasteiger partial charge in [-0.25, -0.2) is 4.39 Å². The van der Waals surface area contributed by atoms with Crippen LogP contribution in [0.4, 0.5) is 10.1 Å². The summed E-state index contributed by atoms with van der Waals surface area (Å²) in [6.45, 7) is 4.76. The van der Waals surface area contributed by atoms with Gasteiger partial charge < -0.3 is 11.1 Å². The molecule has 90 valence electrons. The Labute approximate surface area is 105 Å². The molecule has 0 fully saturated rings. The van der Waals surface area contributed by atoms with Crippen molar-refractivity contribution in [3.05, 3.63) is 28.5 Å². The predicted octanol–water partition coefficient (Wildman–Crippen LogP) is 3.52. The van der Waals surface area contributed by atoms with Crippen LogP contribution in [-0.2, 0) is 0 Å². The number of hydrogen-bond donors (Lipinski definition) is 2. The van der Waals surface area contributed by atoms with Crippen molar-refractivity contribution in [2.75, 3.05) is 11.9 Å². The minimum atomic E-state index is -0.253. The van der Waals surface area contributed by atoms with Gasteiger partial charge in [0.2, 0.25) is 0 Å². The topological polar surface area (TPSA) is 38.0 Å². The second-order valence-electron chi connectivity index (χ2n) is 3.95. The maximum atomic E-state index is 13.1. The third-order valence-electron chi connectivity index (χ3n) is 3.07. The van der Waals surface area contributed by atoms with Gasteiger partial charge in [-0.3, -0.25) is 0 Å². The average molecular weight is 289 g/mol. The van der Waals surface area contributed by atoms with Crippen molar-refractivity contribution in [3.8, 4) is 0 Å². The van der Waals surface area contributed by atoms with E-state index in [1.807, 2.05) is 0 Å². The van der Waals surface area contributed by atoms with Crippen molar-refractivity contribution in [3.63, 3.8) is 0 Å². The lowest BCUT2D eigenvalue weighted by molar-refractivity contribution is 0.445. The molecule has 0 aliphatic carbocycles. The third kappa shape index (κ3) is 2.95. The third-order valence-corrected chi connectivity index (χ3v) is 3.68. The molecule has 0 bridgehead atoms. The van der Waals surface area contributed by atoms with Gasteiger partial charge in [0.05, 0.1) is 4.47 Å². The van der Waals surface area contributed by atoms with Gasteiger partial charge in [0.1, 0.15) is 5.82 Å². The van der Waals surface area contributed by atoms with Crippen LogP contribution in [0.1, 0.15) is 26.7 Å². The highest BCUT2D eigenvalue weighted by atomic mass is 79.9. The standard InChI is InChI=1S/C12H18BrFN2/c1-3-12(4-2,8-15)16-9-5-6-11(14)10(13)7-9/h5-7,16H,3-4,8,15H2,1-2H3. The molecule has 0 amide bonds. The first-order valence-electron chi connectivity index (χ1n) is 5.50. The van der Waals surface area contributed by atoms with Crippen molar-refractivity contribution in [2.45, 2.75) is 32.2 Å². The fourth-order valence-electron chi connectivity index (χ4n) is 1.65. The molecule has 3 N–H and O–H groups in total. The first-order valence-corrected chi connectivity index (χ1v) is 6.29. The monoisotopic (exact) mass is 288 g/mol. The van der Waals surface area contributed by atoms with Crippen LogP contribution in [-0.4, -0.2) is 12.1 Å². The van der Waals surface area contributed by atoms with Gasteiger partial charge in [-0.1, -0.05) is 13.8 Å². The highest BCUT2D eigenvalue weighted by Gasteiger charge is 2.23. The van der Waals surface area contributed by atoms with Crippen LogP contribution in [0.25, 0.3) is 0 Å². The van der Waals surface area contributed by atoms with E-state index >= 15 is 0 Å². The molecule has 0 aromatic heterocycles. The second-order valence-corrected chi connectivity index (χ2v) is 4.80. The summed E-state index contributed by atoms with van der Waals surface area (Å²) in [7, 11) is 0. The Balaban J connectivity index is 2.89. The van der Waals surface area contributed by atoms with E-state index in [2.05, 4.69) is 35.1 Å². The van der Waals surface area contributed by atoms with E-state index in [-0.39, 0.29) is 11.4 Å². The molecule has 16 heavy (non-hydrogen) atoms. The van der Waals surface area contributed by atoms with Crippen molar-refractivity contribution >= 4 is 21.6 Å². The SMILES string of the molecule is CCC(CC)(CN)Nc1ccc(F)c(Br)c1. The fourth-order valence-corrected chi connectivity index (χ4v) is 2.03. The second kappa shape index (κ2) is 5.64. The summed E-state index contributed by atoms with van der Waals surface area (Å²) in [5.74, 6) is -0.253. The fraction of sp³-hybridized carbons (Fsp3) is 0.500. The lowest BCUT2D eigenvalue weighted by Gasteiger charge is -2.32. The molecule has 1 aromatic carbocycles. The molecule has 0 aliphatic rings. The number of benzene rings is 1. The van der Waals surface area contributed by atoms with Gasteiger partial charge in [0.15, 0.2) is 0 Å². The quantitative estimate of drug-likeness (QED) is 0.870. The average Bonchev–Trinajstić information content (AvgIpc) is 2.31.